The van der Waals surface area contributed by atoms with Gasteiger partial charge in [-0.05, 0) is 42.5 Å². The molecule has 0 atom stereocenters. The van der Waals surface area contributed by atoms with E-state index in [1.807, 2.05) is 24.3 Å². The predicted octanol–water partition coefficient (Wildman–Crippen LogP) is 4.12. The van der Waals surface area contributed by atoms with Crippen LogP contribution < -0.4 is 19.6 Å². The normalized spacial score (nSPS) is 14.9. The topological polar surface area (TPSA) is 43.1 Å². The molecule has 0 aliphatic carbocycles. The first-order valence-electron chi connectivity index (χ1n) is 9.05. The minimum absolute atomic E-state index is 0.603. The van der Waals surface area contributed by atoms with E-state index in [-0.39, 0.29) is 0 Å². The van der Waals surface area contributed by atoms with Gasteiger partial charge in [-0.15, -0.1) is 0 Å². The van der Waals surface area contributed by atoms with Gasteiger partial charge in [-0.25, -0.2) is 14.8 Å². The van der Waals surface area contributed by atoms with Gasteiger partial charge in [0.05, 0.1) is 31.3 Å². The molecule has 7 nitrogen and oxygen atoms in total. The lowest BCUT2D eigenvalue weighted by molar-refractivity contribution is 0.933. The van der Waals surface area contributed by atoms with E-state index in [0.717, 1.165) is 34.4 Å². The van der Waals surface area contributed by atoms with Crippen molar-refractivity contribution in [3.05, 3.63) is 66.3 Å². The van der Waals surface area contributed by atoms with Crippen molar-refractivity contribution in [3.63, 3.8) is 0 Å². The van der Waals surface area contributed by atoms with Gasteiger partial charge in [0, 0.05) is 37.9 Å². The second kappa shape index (κ2) is 6.13. The number of fused-ring (bicyclic) bond motifs is 2. The largest absolute Gasteiger partial charge is 0.354 e. The molecule has 0 amide bonds. The summed E-state index contributed by atoms with van der Waals surface area (Å²) in [5.41, 5.74) is 4.70. The third kappa shape index (κ3) is 2.42. The number of rotatable bonds is 2. The number of hydrogen-bond donors (Lipinski definition) is 0. The van der Waals surface area contributed by atoms with Gasteiger partial charge < -0.3 is 19.6 Å². The van der Waals surface area contributed by atoms with E-state index >= 15 is 0 Å². The number of aromatic nitrogens is 2. The van der Waals surface area contributed by atoms with Crippen molar-refractivity contribution in [3.8, 4) is 0 Å². The number of anilines is 6. The molecule has 0 saturated heterocycles. The molecule has 2 aliphatic rings. The van der Waals surface area contributed by atoms with Crippen LogP contribution in [0, 0.1) is 6.57 Å². The molecule has 2 aliphatic heterocycles. The van der Waals surface area contributed by atoms with Crippen molar-refractivity contribution >= 4 is 40.1 Å². The molecule has 7 heteroatoms. The first kappa shape index (κ1) is 16.4. The van der Waals surface area contributed by atoms with Crippen LogP contribution in [0.2, 0.25) is 0 Å². The van der Waals surface area contributed by atoms with E-state index < -0.39 is 0 Å². The smallest absolute Gasteiger partial charge is 0.191 e. The zero-order valence-electron chi connectivity index (χ0n) is 15.7. The quantitative estimate of drug-likeness (QED) is 0.633. The summed E-state index contributed by atoms with van der Waals surface area (Å²) in [6.45, 7) is 8.98. The average Bonchev–Trinajstić information content (AvgIpc) is 3.26. The van der Waals surface area contributed by atoms with Gasteiger partial charge >= 0.3 is 0 Å². The van der Waals surface area contributed by atoms with Gasteiger partial charge in [0.25, 0.3) is 0 Å². The van der Waals surface area contributed by atoms with Crippen LogP contribution in [0.4, 0.5) is 40.1 Å². The minimum Gasteiger partial charge on any atom is -0.354 e. The maximum absolute atomic E-state index is 7.58. The van der Waals surface area contributed by atoms with Crippen molar-refractivity contribution in [2.45, 2.75) is 0 Å². The van der Waals surface area contributed by atoms with E-state index in [1.165, 1.54) is 0 Å². The molecule has 0 N–H and O–H groups in total. The van der Waals surface area contributed by atoms with Crippen molar-refractivity contribution in [1.29, 1.82) is 0 Å². The zero-order valence-corrected chi connectivity index (χ0v) is 15.7. The molecule has 0 spiro atoms. The van der Waals surface area contributed by atoms with Crippen LogP contribution in [0.1, 0.15) is 0 Å². The monoisotopic (exact) mass is 369 g/mol. The Morgan fingerprint density at radius 1 is 0.821 bits per heavy atom. The van der Waals surface area contributed by atoms with Crippen molar-refractivity contribution < 1.29 is 0 Å². The molecule has 4 heterocycles. The Hall–Kier alpha value is -3.79. The highest BCUT2D eigenvalue weighted by Crippen LogP contribution is 2.43. The summed E-state index contributed by atoms with van der Waals surface area (Å²) in [4.78, 5) is 21.5. The number of benzene rings is 1. The molecule has 1 aromatic carbocycles. The summed E-state index contributed by atoms with van der Waals surface area (Å²) >= 11 is 0. The molecular formula is C21H19N7. The van der Waals surface area contributed by atoms with Crippen LogP contribution in [0.3, 0.4) is 0 Å². The Labute approximate surface area is 163 Å². The van der Waals surface area contributed by atoms with E-state index in [2.05, 4.69) is 66.7 Å². The Morgan fingerprint density at radius 2 is 1.32 bits per heavy atom. The SMILES string of the molecule is [C-]#[N+]c1cc(N2CN(C)c3cccnc32)cc(N2CN(C)c3cccnc32)c1. The average molecular weight is 369 g/mol. The van der Waals surface area contributed by atoms with Crippen LogP contribution in [-0.4, -0.2) is 37.4 Å². The Morgan fingerprint density at radius 3 is 1.79 bits per heavy atom. The third-order valence-electron chi connectivity index (χ3n) is 5.21. The van der Waals surface area contributed by atoms with Gasteiger partial charge in [0.1, 0.15) is 0 Å². The van der Waals surface area contributed by atoms with E-state index in [1.54, 1.807) is 12.4 Å². The summed E-state index contributed by atoms with van der Waals surface area (Å²) in [7, 11) is 4.10. The van der Waals surface area contributed by atoms with Gasteiger partial charge in [0.15, 0.2) is 17.3 Å². The van der Waals surface area contributed by atoms with Gasteiger partial charge in [-0.1, -0.05) is 0 Å². The van der Waals surface area contributed by atoms with Gasteiger partial charge in [-0.2, -0.15) is 0 Å². The second-order valence-corrected chi connectivity index (χ2v) is 7.05. The maximum atomic E-state index is 7.58. The highest BCUT2D eigenvalue weighted by atomic mass is 15.4. The molecular weight excluding hydrogens is 350 g/mol. The highest BCUT2D eigenvalue weighted by Gasteiger charge is 2.29. The van der Waals surface area contributed by atoms with Crippen LogP contribution in [0.25, 0.3) is 4.85 Å². The summed E-state index contributed by atoms with van der Waals surface area (Å²) in [6, 6.07) is 14.0. The van der Waals surface area contributed by atoms with E-state index in [4.69, 9.17) is 6.57 Å². The summed E-state index contributed by atoms with van der Waals surface area (Å²) in [5, 5.41) is 0. The fourth-order valence-electron chi connectivity index (χ4n) is 3.86. The fraction of sp³-hybridized carbons (Fsp3) is 0.190. The molecule has 5 rings (SSSR count). The van der Waals surface area contributed by atoms with Crippen molar-refractivity contribution in [1.82, 2.24) is 9.97 Å². The number of pyridine rings is 2. The van der Waals surface area contributed by atoms with E-state index in [0.29, 0.717) is 19.0 Å². The predicted molar refractivity (Wildman–Crippen MR) is 112 cm³/mol. The summed E-state index contributed by atoms with van der Waals surface area (Å²) in [6.07, 6.45) is 3.61. The van der Waals surface area contributed by atoms with Crippen molar-refractivity contribution in [2.75, 3.05) is 47.0 Å². The molecule has 2 aromatic heterocycles. The number of hydrogen-bond acceptors (Lipinski definition) is 6. The molecule has 28 heavy (non-hydrogen) atoms. The van der Waals surface area contributed by atoms with E-state index in [9.17, 15) is 0 Å². The molecule has 0 radical (unpaired) electrons. The lowest BCUT2D eigenvalue weighted by atomic mass is 10.2. The highest BCUT2D eigenvalue weighted by molar-refractivity contribution is 5.85. The summed E-state index contributed by atoms with van der Waals surface area (Å²) in [5.74, 6) is 1.82. The van der Waals surface area contributed by atoms with Crippen LogP contribution in [-0.2, 0) is 0 Å². The Kier molecular flexibility index (Phi) is 3.59. The first-order chi connectivity index (χ1) is 13.7. The molecule has 138 valence electrons. The van der Waals surface area contributed by atoms with Crippen LogP contribution >= 0.6 is 0 Å². The fourth-order valence-corrected chi connectivity index (χ4v) is 3.86. The second-order valence-electron chi connectivity index (χ2n) is 7.05. The van der Waals surface area contributed by atoms with Crippen LogP contribution in [0.15, 0.2) is 54.9 Å². The minimum atomic E-state index is 0.603. The number of nitrogens with zero attached hydrogens (tertiary/aromatic N) is 7. The lowest BCUT2D eigenvalue weighted by Crippen LogP contribution is -2.26. The standard InChI is InChI=1S/C21H19N7/c1-22-15-10-16(27-13-25(2)18-6-4-8-23-20(18)27)12-17(11-15)28-14-26(3)19-7-5-9-24-21(19)28/h4-12H,13-14H2,2-3H3. The molecule has 0 bridgehead atoms. The van der Waals surface area contributed by atoms with Gasteiger partial charge in [0.2, 0.25) is 0 Å². The first-order valence-corrected chi connectivity index (χ1v) is 9.05. The summed E-state index contributed by atoms with van der Waals surface area (Å²) < 4.78 is 0. The maximum Gasteiger partial charge on any atom is 0.191 e. The third-order valence-corrected chi connectivity index (χ3v) is 5.21. The molecule has 0 unspecified atom stereocenters. The van der Waals surface area contributed by atoms with Gasteiger partial charge in [-0.3, -0.25) is 0 Å². The lowest BCUT2D eigenvalue weighted by Gasteiger charge is -2.24. The Balaban J connectivity index is 1.61. The molecule has 0 saturated carbocycles. The Bertz CT molecular complexity index is 1030. The van der Waals surface area contributed by atoms with Crippen molar-refractivity contribution in [2.24, 2.45) is 0 Å². The van der Waals surface area contributed by atoms with Crippen LogP contribution in [0.5, 0.6) is 0 Å². The zero-order chi connectivity index (χ0) is 19.3. The molecule has 3 aromatic rings. The molecule has 0 fully saturated rings.